The standard InChI is InChI=1S/C9H9BrClN/c10-6-1-2-8(11)7(5-6)9-3-4-12-9/h1-2,5,9,12H,3-4H2/t9-/m0/s1. The zero-order valence-electron chi connectivity index (χ0n) is 6.48. The molecule has 1 heterocycles. The fourth-order valence-electron chi connectivity index (χ4n) is 1.34. The average Bonchev–Trinajstić information content (AvgIpc) is 1.93. The summed E-state index contributed by atoms with van der Waals surface area (Å²) in [6.45, 7) is 1.10. The van der Waals surface area contributed by atoms with Crippen molar-refractivity contribution in [2.45, 2.75) is 12.5 Å². The quantitative estimate of drug-likeness (QED) is 0.803. The second kappa shape index (κ2) is 3.36. The summed E-state index contributed by atoms with van der Waals surface area (Å²) < 4.78 is 1.09. The molecule has 0 saturated carbocycles. The second-order valence-electron chi connectivity index (χ2n) is 2.96. The Hall–Kier alpha value is -0.0500. The Morgan fingerprint density at radius 1 is 1.50 bits per heavy atom. The molecule has 1 fully saturated rings. The summed E-state index contributed by atoms with van der Waals surface area (Å²) in [5, 5.41) is 4.18. The minimum Gasteiger partial charge on any atom is -0.310 e. The molecule has 1 aromatic carbocycles. The van der Waals surface area contributed by atoms with Crippen molar-refractivity contribution in [3.05, 3.63) is 33.3 Å². The highest BCUT2D eigenvalue weighted by atomic mass is 79.9. The average molecular weight is 247 g/mol. The van der Waals surface area contributed by atoms with Crippen LogP contribution in [0.4, 0.5) is 0 Å². The first-order chi connectivity index (χ1) is 5.77. The number of benzene rings is 1. The van der Waals surface area contributed by atoms with Gasteiger partial charge in [0.2, 0.25) is 0 Å². The largest absolute Gasteiger partial charge is 0.310 e. The summed E-state index contributed by atoms with van der Waals surface area (Å²) >= 11 is 9.47. The molecule has 0 bridgehead atoms. The molecule has 0 radical (unpaired) electrons. The normalized spacial score (nSPS) is 22.0. The van der Waals surface area contributed by atoms with Crippen LogP contribution in [-0.2, 0) is 0 Å². The van der Waals surface area contributed by atoms with E-state index in [9.17, 15) is 0 Å². The smallest absolute Gasteiger partial charge is 0.0454 e. The zero-order valence-corrected chi connectivity index (χ0v) is 8.82. The van der Waals surface area contributed by atoms with Gasteiger partial charge in [-0.05, 0) is 36.7 Å². The number of halogens is 2. The summed E-state index contributed by atoms with van der Waals surface area (Å²) in [5.74, 6) is 0. The molecule has 1 saturated heterocycles. The minimum absolute atomic E-state index is 0.468. The Bertz CT molecular complexity index is 297. The predicted octanol–water partition coefficient (Wildman–Crippen LogP) is 3.14. The van der Waals surface area contributed by atoms with E-state index in [-0.39, 0.29) is 0 Å². The fraction of sp³-hybridized carbons (Fsp3) is 0.333. The van der Waals surface area contributed by atoms with Crippen LogP contribution in [-0.4, -0.2) is 6.54 Å². The molecule has 0 aromatic heterocycles. The van der Waals surface area contributed by atoms with E-state index in [1.165, 1.54) is 12.0 Å². The molecule has 1 aromatic rings. The van der Waals surface area contributed by atoms with Crippen molar-refractivity contribution < 1.29 is 0 Å². The first-order valence-electron chi connectivity index (χ1n) is 3.96. The lowest BCUT2D eigenvalue weighted by molar-refractivity contribution is 0.383. The van der Waals surface area contributed by atoms with Gasteiger partial charge in [-0.15, -0.1) is 0 Å². The van der Waals surface area contributed by atoms with Gasteiger partial charge in [0.25, 0.3) is 0 Å². The van der Waals surface area contributed by atoms with Gasteiger partial charge in [0, 0.05) is 15.5 Å². The monoisotopic (exact) mass is 245 g/mol. The Labute approximate surface area is 85.2 Å². The zero-order chi connectivity index (χ0) is 8.55. The van der Waals surface area contributed by atoms with Gasteiger partial charge in [0.05, 0.1) is 0 Å². The molecule has 0 spiro atoms. The second-order valence-corrected chi connectivity index (χ2v) is 4.28. The van der Waals surface area contributed by atoms with Gasteiger partial charge in [-0.25, -0.2) is 0 Å². The molecule has 12 heavy (non-hydrogen) atoms. The third-order valence-electron chi connectivity index (χ3n) is 2.16. The van der Waals surface area contributed by atoms with E-state index in [4.69, 9.17) is 11.6 Å². The van der Waals surface area contributed by atoms with Crippen LogP contribution in [0.3, 0.4) is 0 Å². The van der Waals surface area contributed by atoms with Gasteiger partial charge in [-0.1, -0.05) is 27.5 Å². The summed E-state index contributed by atoms with van der Waals surface area (Å²) in [6, 6.07) is 6.44. The molecular formula is C9H9BrClN. The summed E-state index contributed by atoms with van der Waals surface area (Å²) in [5.41, 5.74) is 1.21. The van der Waals surface area contributed by atoms with Crippen LogP contribution in [0.5, 0.6) is 0 Å². The number of hydrogen-bond donors (Lipinski definition) is 1. The molecule has 0 aliphatic carbocycles. The Morgan fingerprint density at radius 3 is 2.83 bits per heavy atom. The van der Waals surface area contributed by atoms with Crippen LogP contribution in [0, 0.1) is 0 Å². The van der Waals surface area contributed by atoms with E-state index in [0.717, 1.165) is 16.0 Å². The molecule has 1 N–H and O–H groups in total. The van der Waals surface area contributed by atoms with Crippen molar-refractivity contribution in [3.8, 4) is 0 Å². The van der Waals surface area contributed by atoms with Crippen molar-refractivity contribution in [2.24, 2.45) is 0 Å². The lowest BCUT2D eigenvalue weighted by Crippen LogP contribution is -2.35. The number of rotatable bonds is 1. The lowest BCUT2D eigenvalue weighted by atomic mass is 9.98. The van der Waals surface area contributed by atoms with Gasteiger partial charge >= 0.3 is 0 Å². The highest BCUT2D eigenvalue weighted by Gasteiger charge is 2.20. The first-order valence-corrected chi connectivity index (χ1v) is 5.13. The molecule has 3 heteroatoms. The van der Waals surface area contributed by atoms with E-state index >= 15 is 0 Å². The van der Waals surface area contributed by atoms with Crippen molar-refractivity contribution in [2.75, 3.05) is 6.54 Å². The van der Waals surface area contributed by atoms with Crippen molar-refractivity contribution in [1.82, 2.24) is 5.32 Å². The maximum Gasteiger partial charge on any atom is 0.0454 e. The van der Waals surface area contributed by atoms with E-state index < -0.39 is 0 Å². The Balaban J connectivity index is 2.34. The first kappa shape index (κ1) is 8.54. The Morgan fingerprint density at radius 2 is 2.25 bits per heavy atom. The van der Waals surface area contributed by atoms with Crippen molar-refractivity contribution in [1.29, 1.82) is 0 Å². The van der Waals surface area contributed by atoms with Gasteiger partial charge in [-0.3, -0.25) is 0 Å². The highest BCUT2D eigenvalue weighted by Crippen LogP contribution is 2.31. The molecule has 64 valence electrons. The molecule has 0 unspecified atom stereocenters. The summed E-state index contributed by atoms with van der Waals surface area (Å²) in [6.07, 6.45) is 1.19. The molecule has 2 rings (SSSR count). The molecule has 1 nitrogen and oxygen atoms in total. The number of nitrogens with one attached hydrogen (secondary N) is 1. The van der Waals surface area contributed by atoms with Crippen LogP contribution in [0.2, 0.25) is 5.02 Å². The molecular weight excluding hydrogens is 237 g/mol. The van der Waals surface area contributed by atoms with Crippen LogP contribution < -0.4 is 5.32 Å². The van der Waals surface area contributed by atoms with Crippen molar-refractivity contribution >= 4 is 27.5 Å². The Kier molecular flexibility index (Phi) is 2.40. The van der Waals surface area contributed by atoms with E-state index in [1.807, 2.05) is 12.1 Å². The maximum absolute atomic E-state index is 6.04. The molecule has 1 aliphatic heterocycles. The molecule has 1 aliphatic rings. The SMILES string of the molecule is Clc1ccc(Br)cc1[C@@H]1CCN1. The third kappa shape index (κ3) is 1.51. The molecule has 1 atom stereocenters. The van der Waals surface area contributed by atoms with E-state index in [2.05, 4.69) is 27.3 Å². The van der Waals surface area contributed by atoms with Crippen LogP contribution >= 0.6 is 27.5 Å². The minimum atomic E-state index is 0.468. The van der Waals surface area contributed by atoms with Crippen molar-refractivity contribution in [3.63, 3.8) is 0 Å². The van der Waals surface area contributed by atoms with Gasteiger partial charge in [-0.2, -0.15) is 0 Å². The topological polar surface area (TPSA) is 12.0 Å². The van der Waals surface area contributed by atoms with E-state index in [1.54, 1.807) is 0 Å². The lowest BCUT2D eigenvalue weighted by Gasteiger charge is -2.28. The third-order valence-corrected chi connectivity index (χ3v) is 2.99. The highest BCUT2D eigenvalue weighted by molar-refractivity contribution is 9.10. The van der Waals surface area contributed by atoms with Gasteiger partial charge in [0.15, 0.2) is 0 Å². The van der Waals surface area contributed by atoms with Gasteiger partial charge in [0.1, 0.15) is 0 Å². The van der Waals surface area contributed by atoms with Crippen LogP contribution in [0.15, 0.2) is 22.7 Å². The summed E-state index contributed by atoms with van der Waals surface area (Å²) in [7, 11) is 0. The van der Waals surface area contributed by atoms with Crippen LogP contribution in [0.1, 0.15) is 18.0 Å². The predicted molar refractivity (Wildman–Crippen MR) is 54.5 cm³/mol. The van der Waals surface area contributed by atoms with Crippen LogP contribution in [0.25, 0.3) is 0 Å². The maximum atomic E-state index is 6.04. The molecule has 0 amide bonds. The number of hydrogen-bond acceptors (Lipinski definition) is 1. The van der Waals surface area contributed by atoms with Gasteiger partial charge < -0.3 is 5.32 Å². The summed E-state index contributed by atoms with van der Waals surface area (Å²) in [4.78, 5) is 0. The fourth-order valence-corrected chi connectivity index (χ4v) is 1.96. The van der Waals surface area contributed by atoms with E-state index in [0.29, 0.717) is 6.04 Å².